The third-order valence-electron chi connectivity index (χ3n) is 6.52. The summed E-state index contributed by atoms with van der Waals surface area (Å²) in [4.78, 5) is 32.3. The van der Waals surface area contributed by atoms with Crippen LogP contribution in [0.5, 0.6) is 0 Å². The second kappa shape index (κ2) is 44.2. The van der Waals surface area contributed by atoms with Crippen molar-refractivity contribution in [3.05, 3.63) is 0 Å². The van der Waals surface area contributed by atoms with Crippen molar-refractivity contribution in [2.45, 2.75) is 174 Å². The fourth-order valence-corrected chi connectivity index (χ4v) is 3.61. The average Bonchev–Trinajstić information content (AvgIpc) is 3.06. The molecule has 284 valence electrons. The summed E-state index contributed by atoms with van der Waals surface area (Å²) in [5.41, 5.74) is 0. The highest BCUT2D eigenvalue weighted by Gasteiger charge is 2.08. The Balaban J connectivity index is -0.000000276. The molecule has 0 aliphatic heterocycles. The molecule has 0 aliphatic rings. The van der Waals surface area contributed by atoms with Crippen LogP contribution in [-0.4, -0.2) is 105 Å². The fourth-order valence-electron chi connectivity index (χ4n) is 3.61. The van der Waals surface area contributed by atoms with Crippen LogP contribution in [0, 0.1) is 0 Å². The van der Waals surface area contributed by atoms with Gasteiger partial charge in [-0.2, -0.15) is 0 Å². The van der Waals surface area contributed by atoms with E-state index in [0.717, 1.165) is 51.4 Å². The molecule has 0 saturated heterocycles. The molecule has 0 bridgehead atoms. The molecule has 0 fully saturated rings. The molecule has 0 spiro atoms. The molecule has 0 rings (SSSR count). The Labute approximate surface area is 284 Å². The topological polar surface area (TPSA) is 211 Å². The Kier molecular flexibility index (Phi) is 48.9. The Bertz CT molecular complexity index is 610. The Morgan fingerprint density at radius 3 is 1.02 bits per heavy atom. The summed E-state index contributed by atoms with van der Waals surface area (Å²) in [6, 6.07) is 0. The summed E-state index contributed by atoms with van der Waals surface area (Å²) in [6.45, 7) is 6.92. The van der Waals surface area contributed by atoms with E-state index in [-0.39, 0.29) is 45.0 Å². The van der Waals surface area contributed by atoms with E-state index >= 15 is 0 Å². The minimum absolute atomic E-state index is 0.107. The van der Waals surface area contributed by atoms with Crippen LogP contribution in [0.25, 0.3) is 0 Å². The highest BCUT2D eigenvalue weighted by molar-refractivity contribution is 5.69. The molecule has 7 N–H and O–H groups in total. The van der Waals surface area contributed by atoms with Gasteiger partial charge < -0.3 is 45.2 Å². The maximum absolute atomic E-state index is 11.1. The number of aliphatic hydroxyl groups is 6. The van der Waals surface area contributed by atoms with Gasteiger partial charge in [0.2, 0.25) is 0 Å². The number of unbranched alkanes of at least 4 members (excludes halogenated alkanes) is 14. The van der Waals surface area contributed by atoms with Crippen LogP contribution in [-0.2, 0) is 23.9 Å². The first kappa shape index (κ1) is 52.0. The van der Waals surface area contributed by atoms with Gasteiger partial charge in [0.25, 0.3) is 0 Å². The number of ether oxygens (including phenoxy) is 2. The van der Waals surface area contributed by atoms with E-state index in [1.165, 1.54) is 64.7 Å². The van der Waals surface area contributed by atoms with Crippen molar-refractivity contribution in [2.24, 2.45) is 0 Å². The van der Waals surface area contributed by atoms with Gasteiger partial charge in [0.15, 0.2) is 0 Å². The molecule has 47 heavy (non-hydrogen) atoms. The van der Waals surface area contributed by atoms with E-state index in [9.17, 15) is 14.4 Å². The Morgan fingerprint density at radius 1 is 0.489 bits per heavy atom. The zero-order valence-corrected chi connectivity index (χ0v) is 30.1. The number of carbonyl (C=O) groups excluding carboxylic acids is 2. The summed E-state index contributed by atoms with van der Waals surface area (Å²) in [5.74, 6) is -1.25. The van der Waals surface area contributed by atoms with Gasteiger partial charge in [-0.1, -0.05) is 111 Å². The van der Waals surface area contributed by atoms with E-state index in [4.69, 9.17) is 45.2 Å². The molecule has 12 heteroatoms. The van der Waals surface area contributed by atoms with Crippen molar-refractivity contribution < 1.29 is 59.6 Å². The second-order valence-electron chi connectivity index (χ2n) is 11.7. The van der Waals surface area contributed by atoms with Crippen LogP contribution in [0.15, 0.2) is 0 Å². The molecule has 0 heterocycles. The molecule has 0 aromatic rings. The van der Waals surface area contributed by atoms with Gasteiger partial charge in [-0.05, 0) is 26.2 Å². The van der Waals surface area contributed by atoms with E-state index in [1.54, 1.807) is 0 Å². The maximum Gasteiger partial charge on any atom is 0.305 e. The monoisotopic (exact) mass is 685 g/mol. The molecule has 0 radical (unpaired) electrons. The Hall–Kier alpha value is -1.83. The normalized spacial score (nSPS) is 12.1. The number of carboxylic acid groups (broad SMARTS) is 1. The summed E-state index contributed by atoms with van der Waals surface area (Å²) < 4.78 is 9.50. The summed E-state index contributed by atoms with van der Waals surface area (Å²) in [6.07, 6.45) is 17.9. The first-order valence-electron chi connectivity index (χ1n) is 17.8. The largest absolute Gasteiger partial charge is 0.481 e. The number of carboxylic acids is 1. The van der Waals surface area contributed by atoms with Gasteiger partial charge in [0.1, 0.15) is 25.4 Å². The van der Waals surface area contributed by atoms with Crippen molar-refractivity contribution in [1.82, 2.24) is 0 Å². The highest BCUT2D eigenvalue weighted by Crippen LogP contribution is 2.08. The lowest BCUT2D eigenvalue weighted by Crippen LogP contribution is -2.21. The smallest absolute Gasteiger partial charge is 0.305 e. The highest BCUT2D eigenvalue weighted by atomic mass is 16.5. The molecule has 12 nitrogen and oxygen atoms in total. The summed E-state index contributed by atoms with van der Waals surface area (Å²) >= 11 is 0. The third kappa shape index (κ3) is 56.9. The Morgan fingerprint density at radius 2 is 0.766 bits per heavy atom. The molecular formula is C35H72O12. The molecule has 0 saturated carbocycles. The third-order valence-corrected chi connectivity index (χ3v) is 6.52. The minimum atomic E-state index is -0.950. The van der Waals surface area contributed by atoms with Crippen LogP contribution in [0.4, 0.5) is 0 Å². The predicted octanol–water partition coefficient (Wildman–Crippen LogP) is 5.06. The van der Waals surface area contributed by atoms with Gasteiger partial charge >= 0.3 is 17.9 Å². The van der Waals surface area contributed by atoms with Crippen LogP contribution < -0.4 is 0 Å². The van der Waals surface area contributed by atoms with E-state index < -0.39 is 24.3 Å². The van der Waals surface area contributed by atoms with Crippen LogP contribution in [0.2, 0.25) is 0 Å². The number of hydrogen-bond donors (Lipinski definition) is 7. The van der Waals surface area contributed by atoms with Gasteiger partial charge in [-0.3, -0.25) is 14.4 Å². The number of esters is 2. The summed E-state index contributed by atoms with van der Waals surface area (Å²) in [5, 5.41) is 59.2. The first-order valence-corrected chi connectivity index (χ1v) is 17.8. The quantitative estimate of drug-likeness (QED) is 0.0447. The molecule has 0 aliphatic carbocycles. The van der Waals surface area contributed by atoms with Gasteiger partial charge in [-0.15, -0.1) is 0 Å². The number of aliphatic hydroxyl groups excluding tert-OH is 6. The number of rotatable bonds is 27. The van der Waals surface area contributed by atoms with Crippen molar-refractivity contribution in [1.29, 1.82) is 0 Å². The molecular weight excluding hydrogens is 612 g/mol. The zero-order valence-electron chi connectivity index (χ0n) is 30.1. The standard InChI is InChI=1S/2C11H22O4.C10H20O2.C3H8O2/c2*1-2-3-4-5-6-7-11(14)15-9-10(13)8-12;1-2-3-4-5-6-7-8-9-10(11)12;1-3(5)2-4/h2*10,12-13H,2-9H2,1H3;2-9H2,1H3,(H,11,12);3-5H,2H2,1H3. The van der Waals surface area contributed by atoms with Gasteiger partial charge in [0, 0.05) is 19.3 Å². The molecule has 0 aromatic carbocycles. The van der Waals surface area contributed by atoms with Crippen LogP contribution >= 0.6 is 0 Å². The number of aliphatic carboxylic acids is 1. The maximum atomic E-state index is 11.1. The van der Waals surface area contributed by atoms with Crippen molar-refractivity contribution in [3.8, 4) is 0 Å². The zero-order chi connectivity index (χ0) is 36.6. The number of carbonyl (C=O) groups is 3. The van der Waals surface area contributed by atoms with Crippen molar-refractivity contribution >= 4 is 17.9 Å². The summed E-state index contributed by atoms with van der Waals surface area (Å²) in [7, 11) is 0. The van der Waals surface area contributed by atoms with E-state index in [1.807, 2.05) is 0 Å². The molecule has 0 aromatic heterocycles. The van der Waals surface area contributed by atoms with E-state index in [2.05, 4.69) is 20.8 Å². The molecule has 3 unspecified atom stereocenters. The van der Waals surface area contributed by atoms with Gasteiger partial charge in [0.05, 0.1) is 25.9 Å². The van der Waals surface area contributed by atoms with Crippen LogP contribution in [0.1, 0.15) is 156 Å². The average molecular weight is 685 g/mol. The lowest BCUT2D eigenvalue weighted by atomic mass is 10.1. The minimum Gasteiger partial charge on any atom is -0.481 e. The molecule has 3 atom stereocenters. The van der Waals surface area contributed by atoms with Crippen LogP contribution in [0.3, 0.4) is 0 Å². The first-order chi connectivity index (χ1) is 22.4. The van der Waals surface area contributed by atoms with Gasteiger partial charge in [-0.25, -0.2) is 0 Å². The SMILES string of the molecule is CC(O)CO.CCCCCCCC(=O)OCC(O)CO.CCCCCCCC(=O)OCC(O)CO.CCCCCCCCCC(=O)O. The fraction of sp³-hybridized carbons (Fsp3) is 0.914. The molecule has 0 amide bonds. The second-order valence-corrected chi connectivity index (χ2v) is 11.7. The van der Waals surface area contributed by atoms with E-state index in [0.29, 0.717) is 19.3 Å². The lowest BCUT2D eigenvalue weighted by Gasteiger charge is -2.08. The lowest BCUT2D eigenvalue weighted by molar-refractivity contribution is -0.148. The number of hydrogen-bond acceptors (Lipinski definition) is 11. The van der Waals surface area contributed by atoms with Crippen molar-refractivity contribution in [3.63, 3.8) is 0 Å². The predicted molar refractivity (Wildman–Crippen MR) is 184 cm³/mol. The van der Waals surface area contributed by atoms with Crippen molar-refractivity contribution in [2.75, 3.05) is 33.0 Å².